The monoisotopic (exact) mass is 268 g/mol. The largest absolute Gasteiger partial charge is 0.459 e. The Hall–Kier alpha value is -2.13. The highest BCUT2D eigenvalue weighted by molar-refractivity contribution is 5.89. The van der Waals surface area contributed by atoms with Gasteiger partial charge in [0.25, 0.3) is 0 Å². The molecule has 2 aromatic rings. The van der Waals surface area contributed by atoms with Crippen molar-refractivity contribution >= 4 is 5.97 Å². The van der Waals surface area contributed by atoms with Gasteiger partial charge in [0, 0.05) is 0 Å². The first-order valence-electron chi connectivity index (χ1n) is 6.64. The number of epoxide rings is 1. The van der Waals surface area contributed by atoms with Crippen LogP contribution in [0, 0.1) is 0 Å². The third kappa shape index (κ3) is 2.58. The molecule has 102 valence electrons. The van der Waals surface area contributed by atoms with Gasteiger partial charge in [0.15, 0.2) is 0 Å². The van der Waals surface area contributed by atoms with Crippen LogP contribution in [0.5, 0.6) is 0 Å². The summed E-state index contributed by atoms with van der Waals surface area (Å²) in [7, 11) is 0. The molecule has 20 heavy (non-hydrogen) atoms. The summed E-state index contributed by atoms with van der Waals surface area (Å²) in [5.41, 5.74) is 1.27. The summed E-state index contributed by atoms with van der Waals surface area (Å²) in [5, 5.41) is 0. The standard InChI is InChI=1S/C17H16O3/c1-17(15(20-17)13-8-4-2-5-9-13)12-19-16(18)14-10-6-3-7-11-14/h2-11,15H,12H2,1H3. The van der Waals surface area contributed by atoms with Crippen LogP contribution in [0.2, 0.25) is 0 Å². The minimum atomic E-state index is -0.411. The van der Waals surface area contributed by atoms with E-state index in [1.54, 1.807) is 12.1 Å². The van der Waals surface area contributed by atoms with E-state index in [2.05, 4.69) is 0 Å². The molecule has 0 N–H and O–H groups in total. The Morgan fingerprint density at radius 1 is 1.10 bits per heavy atom. The van der Waals surface area contributed by atoms with E-state index in [1.807, 2.05) is 55.5 Å². The Labute approximate surface area is 118 Å². The molecular formula is C17H16O3. The normalized spacial score (nSPS) is 24.1. The van der Waals surface area contributed by atoms with Gasteiger partial charge in [-0.1, -0.05) is 48.5 Å². The molecule has 3 rings (SSSR count). The topological polar surface area (TPSA) is 38.8 Å². The molecule has 2 aromatic carbocycles. The van der Waals surface area contributed by atoms with Crippen LogP contribution in [0.4, 0.5) is 0 Å². The molecule has 1 heterocycles. The van der Waals surface area contributed by atoms with Crippen LogP contribution in [0.15, 0.2) is 60.7 Å². The Kier molecular flexibility index (Phi) is 3.28. The summed E-state index contributed by atoms with van der Waals surface area (Å²) in [6.07, 6.45) is 0.00673. The van der Waals surface area contributed by atoms with Gasteiger partial charge in [0.2, 0.25) is 0 Å². The van der Waals surface area contributed by atoms with Crippen molar-refractivity contribution in [3.8, 4) is 0 Å². The van der Waals surface area contributed by atoms with E-state index in [9.17, 15) is 4.79 Å². The molecule has 0 aromatic heterocycles. The lowest BCUT2D eigenvalue weighted by Gasteiger charge is -2.08. The highest BCUT2D eigenvalue weighted by Crippen LogP contribution is 2.49. The highest BCUT2D eigenvalue weighted by Gasteiger charge is 2.54. The zero-order valence-electron chi connectivity index (χ0n) is 11.3. The lowest BCUT2D eigenvalue weighted by molar-refractivity contribution is 0.0411. The maximum absolute atomic E-state index is 11.9. The van der Waals surface area contributed by atoms with Gasteiger partial charge in [-0.3, -0.25) is 0 Å². The molecule has 1 fully saturated rings. The predicted octanol–water partition coefficient (Wildman–Crippen LogP) is 3.37. The van der Waals surface area contributed by atoms with Gasteiger partial charge in [-0.15, -0.1) is 0 Å². The van der Waals surface area contributed by atoms with Gasteiger partial charge >= 0.3 is 5.97 Å². The van der Waals surface area contributed by atoms with Crippen molar-refractivity contribution in [1.29, 1.82) is 0 Å². The van der Waals surface area contributed by atoms with Crippen molar-refractivity contribution in [2.24, 2.45) is 0 Å². The minimum absolute atomic E-state index is 0.00673. The average Bonchev–Trinajstić information content (AvgIpc) is 3.19. The second-order valence-corrected chi connectivity index (χ2v) is 5.16. The average molecular weight is 268 g/mol. The first kappa shape index (κ1) is 12.9. The number of carbonyl (C=O) groups is 1. The second-order valence-electron chi connectivity index (χ2n) is 5.16. The molecule has 2 atom stereocenters. The molecule has 1 aliphatic rings. The third-order valence-electron chi connectivity index (χ3n) is 3.49. The Morgan fingerprint density at radius 2 is 1.70 bits per heavy atom. The summed E-state index contributed by atoms with van der Waals surface area (Å²) in [6, 6.07) is 19.0. The summed E-state index contributed by atoms with van der Waals surface area (Å²) in [4.78, 5) is 11.9. The van der Waals surface area contributed by atoms with Crippen molar-refractivity contribution in [2.75, 3.05) is 6.61 Å². The maximum atomic E-state index is 11.9. The fraction of sp³-hybridized carbons (Fsp3) is 0.235. The number of hydrogen-bond acceptors (Lipinski definition) is 3. The third-order valence-corrected chi connectivity index (χ3v) is 3.49. The van der Waals surface area contributed by atoms with Crippen LogP contribution < -0.4 is 0 Å². The molecule has 0 spiro atoms. The molecule has 1 aliphatic heterocycles. The molecule has 2 unspecified atom stereocenters. The van der Waals surface area contributed by atoms with Crippen LogP contribution in [0.25, 0.3) is 0 Å². The van der Waals surface area contributed by atoms with Crippen LogP contribution in [0.1, 0.15) is 28.9 Å². The van der Waals surface area contributed by atoms with Crippen molar-refractivity contribution in [3.05, 3.63) is 71.8 Å². The maximum Gasteiger partial charge on any atom is 0.338 e. The van der Waals surface area contributed by atoms with Crippen molar-refractivity contribution in [2.45, 2.75) is 18.6 Å². The SMILES string of the molecule is CC1(COC(=O)c2ccccc2)OC1c1ccccc1. The van der Waals surface area contributed by atoms with E-state index in [4.69, 9.17) is 9.47 Å². The van der Waals surface area contributed by atoms with Gasteiger partial charge < -0.3 is 9.47 Å². The van der Waals surface area contributed by atoms with Crippen LogP contribution in [-0.4, -0.2) is 18.2 Å². The first-order valence-corrected chi connectivity index (χ1v) is 6.64. The number of hydrogen-bond donors (Lipinski definition) is 0. The Balaban J connectivity index is 1.59. The van der Waals surface area contributed by atoms with E-state index < -0.39 is 5.60 Å². The summed E-state index contributed by atoms with van der Waals surface area (Å²) >= 11 is 0. The van der Waals surface area contributed by atoms with E-state index in [0.29, 0.717) is 5.56 Å². The molecule has 0 bridgehead atoms. The summed E-state index contributed by atoms with van der Waals surface area (Å²) in [6.45, 7) is 2.23. The van der Waals surface area contributed by atoms with Crippen LogP contribution in [-0.2, 0) is 9.47 Å². The smallest absolute Gasteiger partial charge is 0.338 e. The van der Waals surface area contributed by atoms with E-state index >= 15 is 0 Å². The number of carbonyl (C=O) groups excluding carboxylic acids is 1. The minimum Gasteiger partial charge on any atom is -0.459 e. The summed E-state index contributed by atoms with van der Waals surface area (Å²) < 4.78 is 11.0. The number of rotatable bonds is 4. The lowest BCUT2D eigenvalue weighted by Crippen LogP contribution is -2.19. The molecule has 0 amide bonds. The quantitative estimate of drug-likeness (QED) is 0.630. The fourth-order valence-corrected chi connectivity index (χ4v) is 2.26. The Bertz CT molecular complexity index is 594. The van der Waals surface area contributed by atoms with Gasteiger partial charge in [0.1, 0.15) is 18.3 Å². The molecule has 0 aliphatic carbocycles. The van der Waals surface area contributed by atoms with Gasteiger partial charge in [-0.2, -0.15) is 0 Å². The first-order chi connectivity index (χ1) is 9.69. The molecule has 1 saturated heterocycles. The van der Waals surface area contributed by atoms with Gasteiger partial charge in [0.05, 0.1) is 5.56 Å². The number of benzene rings is 2. The fourth-order valence-electron chi connectivity index (χ4n) is 2.26. The van der Waals surface area contributed by atoms with Crippen molar-refractivity contribution in [3.63, 3.8) is 0 Å². The second kappa shape index (κ2) is 5.10. The molecular weight excluding hydrogens is 252 g/mol. The van der Waals surface area contributed by atoms with E-state index in [0.717, 1.165) is 5.56 Å². The van der Waals surface area contributed by atoms with E-state index in [-0.39, 0.29) is 18.7 Å². The Morgan fingerprint density at radius 3 is 2.35 bits per heavy atom. The zero-order chi connectivity index (χ0) is 14.0. The van der Waals surface area contributed by atoms with Gasteiger partial charge in [-0.05, 0) is 24.6 Å². The zero-order valence-corrected chi connectivity index (χ0v) is 11.3. The van der Waals surface area contributed by atoms with E-state index in [1.165, 1.54) is 0 Å². The van der Waals surface area contributed by atoms with Crippen LogP contribution >= 0.6 is 0 Å². The number of ether oxygens (including phenoxy) is 2. The van der Waals surface area contributed by atoms with Crippen molar-refractivity contribution in [1.82, 2.24) is 0 Å². The predicted molar refractivity (Wildman–Crippen MR) is 75.4 cm³/mol. The molecule has 0 saturated carbocycles. The molecule has 3 heteroatoms. The van der Waals surface area contributed by atoms with Gasteiger partial charge in [-0.25, -0.2) is 4.79 Å². The number of esters is 1. The summed E-state index contributed by atoms with van der Waals surface area (Å²) in [5.74, 6) is -0.311. The lowest BCUT2D eigenvalue weighted by atomic mass is 10.0. The van der Waals surface area contributed by atoms with Crippen molar-refractivity contribution < 1.29 is 14.3 Å². The highest BCUT2D eigenvalue weighted by atomic mass is 16.6. The molecule has 0 radical (unpaired) electrons. The molecule has 3 nitrogen and oxygen atoms in total. The van der Waals surface area contributed by atoms with Crippen LogP contribution in [0.3, 0.4) is 0 Å².